The molecule has 8 heteroatoms. The van der Waals surface area contributed by atoms with Gasteiger partial charge in [0.15, 0.2) is 9.84 Å². The van der Waals surface area contributed by atoms with Crippen LogP contribution in [0, 0.1) is 13.8 Å². The zero-order chi connectivity index (χ0) is 19.8. The van der Waals surface area contributed by atoms with Gasteiger partial charge in [0.1, 0.15) is 5.82 Å². The second-order valence-electron chi connectivity index (χ2n) is 6.27. The lowest BCUT2D eigenvalue weighted by Crippen LogP contribution is -2.17. The summed E-state index contributed by atoms with van der Waals surface area (Å²) < 4.78 is 26.1. The van der Waals surface area contributed by atoms with E-state index >= 15 is 0 Å². The summed E-state index contributed by atoms with van der Waals surface area (Å²) in [5.41, 5.74) is 2.52. The Morgan fingerprint density at radius 1 is 1.11 bits per heavy atom. The van der Waals surface area contributed by atoms with Crippen molar-refractivity contribution in [1.29, 1.82) is 0 Å². The number of carbonyl (C=O) groups is 1. The lowest BCUT2D eigenvalue weighted by Gasteiger charge is -2.11. The number of nitrogens with one attached hydrogen (secondary N) is 1. The number of rotatable bonds is 4. The standard InChI is InChI=1S/C19H18BrN3O3S/c1-12-7-8-16(27(3,25)26)11-17(12)19(24)21-18-9-13(2)22-23(18)15-6-4-5-14(20)10-15/h4-11H,1-3H3,(H,21,24). The molecule has 2 aromatic carbocycles. The number of hydrogen-bond donors (Lipinski definition) is 1. The van der Waals surface area contributed by atoms with E-state index in [1.165, 1.54) is 12.1 Å². The molecule has 1 N–H and O–H groups in total. The van der Waals surface area contributed by atoms with Crippen LogP contribution in [0.15, 0.2) is 57.9 Å². The monoisotopic (exact) mass is 447 g/mol. The minimum Gasteiger partial charge on any atom is -0.306 e. The molecular weight excluding hydrogens is 430 g/mol. The average molecular weight is 448 g/mol. The Kier molecular flexibility index (Phi) is 5.21. The van der Waals surface area contributed by atoms with Crippen LogP contribution in [0.2, 0.25) is 0 Å². The SMILES string of the molecule is Cc1cc(NC(=O)c2cc(S(C)(=O)=O)ccc2C)n(-c2cccc(Br)c2)n1. The second-order valence-corrected chi connectivity index (χ2v) is 9.20. The molecule has 6 nitrogen and oxygen atoms in total. The van der Waals surface area contributed by atoms with Crippen molar-refractivity contribution in [2.75, 3.05) is 11.6 Å². The molecule has 0 saturated carbocycles. The zero-order valence-electron chi connectivity index (χ0n) is 15.0. The zero-order valence-corrected chi connectivity index (χ0v) is 17.4. The number of amides is 1. The first-order valence-corrected chi connectivity index (χ1v) is 10.8. The van der Waals surface area contributed by atoms with Crippen molar-refractivity contribution >= 4 is 37.5 Å². The number of aryl methyl sites for hydroxylation is 2. The maximum absolute atomic E-state index is 12.8. The highest BCUT2D eigenvalue weighted by molar-refractivity contribution is 9.10. The summed E-state index contributed by atoms with van der Waals surface area (Å²) in [6.45, 7) is 3.59. The van der Waals surface area contributed by atoms with E-state index in [-0.39, 0.29) is 4.90 Å². The van der Waals surface area contributed by atoms with E-state index in [2.05, 4.69) is 26.3 Å². The minimum absolute atomic E-state index is 0.106. The van der Waals surface area contributed by atoms with E-state index in [9.17, 15) is 13.2 Å². The molecule has 0 spiro atoms. The average Bonchev–Trinajstić information content (AvgIpc) is 2.94. The Morgan fingerprint density at radius 2 is 1.85 bits per heavy atom. The Bertz CT molecular complexity index is 1140. The summed E-state index contributed by atoms with van der Waals surface area (Å²) in [4.78, 5) is 12.9. The van der Waals surface area contributed by atoms with Crippen LogP contribution in [-0.4, -0.2) is 30.4 Å². The van der Waals surface area contributed by atoms with Gasteiger partial charge in [0.2, 0.25) is 0 Å². The number of carbonyl (C=O) groups excluding carboxylic acids is 1. The first-order chi connectivity index (χ1) is 12.6. The first kappa shape index (κ1) is 19.3. The van der Waals surface area contributed by atoms with Crippen LogP contribution in [0.25, 0.3) is 5.69 Å². The molecule has 27 heavy (non-hydrogen) atoms. The highest BCUT2D eigenvalue weighted by Gasteiger charge is 2.17. The van der Waals surface area contributed by atoms with E-state index in [1.807, 2.05) is 31.2 Å². The van der Waals surface area contributed by atoms with E-state index in [0.29, 0.717) is 16.9 Å². The van der Waals surface area contributed by atoms with Crippen molar-refractivity contribution in [1.82, 2.24) is 9.78 Å². The van der Waals surface area contributed by atoms with Gasteiger partial charge in [-0.15, -0.1) is 0 Å². The highest BCUT2D eigenvalue weighted by Crippen LogP contribution is 2.22. The maximum atomic E-state index is 12.8. The maximum Gasteiger partial charge on any atom is 0.257 e. The summed E-state index contributed by atoms with van der Waals surface area (Å²) in [6, 6.07) is 13.8. The van der Waals surface area contributed by atoms with E-state index < -0.39 is 15.7 Å². The van der Waals surface area contributed by atoms with Gasteiger partial charge in [0.05, 0.1) is 16.3 Å². The molecule has 3 rings (SSSR count). The summed E-state index contributed by atoms with van der Waals surface area (Å²) in [5.74, 6) is 0.105. The fourth-order valence-electron chi connectivity index (χ4n) is 2.65. The molecule has 0 aliphatic carbocycles. The number of halogens is 1. The van der Waals surface area contributed by atoms with Gasteiger partial charge < -0.3 is 5.32 Å². The van der Waals surface area contributed by atoms with E-state index in [4.69, 9.17) is 0 Å². The molecule has 0 aliphatic heterocycles. The van der Waals surface area contributed by atoms with Gasteiger partial charge in [-0.2, -0.15) is 5.10 Å². The minimum atomic E-state index is -3.40. The van der Waals surface area contributed by atoms with Gasteiger partial charge >= 0.3 is 0 Å². The summed E-state index contributed by atoms with van der Waals surface area (Å²) in [5, 5.41) is 7.27. The van der Waals surface area contributed by atoms with Crippen molar-refractivity contribution < 1.29 is 13.2 Å². The van der Waals surface area contributed by atoms with Crippen LogP contribution >= 0.6 is 15.9 Å². The van der Waals surface area contributed by atoms with Gasteiger partial charge in [0, 0.05) is 22.4 Å². The van der Waals surface area contributed by atoms with Crippen LogP contribution in [0.5, 0.6) is 0 Å². The van der Waals surface area contributed by atoms with Gasteiger partial charge in [0.25, 0.3) is 5.91 Å². The third-order valence-electron chi connectivity index (χ3n) is 4.01. The van der Waals surface area contributed by atoms with Crippen LogP contribution in [-0.2, 0) is 9.84 Å². The van der Waals surface area contributed by atoms with Gasteiger partial charge in [-0.3, -0.25) is 4.79 Å². The van der Waals surface area contributed by atoms with Gasteiger partial charge in [-0.25, -0.2) is 13.1 Å². The molecule has 0 bridgehead atoms. The summed E-state index contributed by atoms with van der Waals surface area (Å²) in [6.07, 6.45) is 1.12. The highest BCUT2D eigenvalue weighted by atomic mass is 79.9. The Morgan fingerprint density at radius 3 is 2.52 bits per heavy atom. The second kappa shape index (κ2) is 7.28. The van der Waals surface area contributed by atoms with E-state index in [0.717, 1.165) is 22.1 Å². The van der Waals surface area contributed by atoms with Crippen LogP contribution in [0.3, 0.4) is 0 Å². The molecule has 1 aromatic heterocycles. The molecule has 0 saturated heterocycles. The van der Waals surface area contributed by atoms with Crippen LogP contribution < -0.4 is 5.32 Å². The molecule has 0 atom stereocenters. The van der Waals surface area contributed by atoms with Crippen molar-refractivity contribution in [3.05, 3.63) is 69.8 Å². The Labute approximate surface area is 166 Å². The van der Waals surface area contributed by atoms with Gasteiger partial charge in [-0.1, -0.05) is 28.1 Å². The van der Waals surface area contributed by atoms with Crippen LogP contribution in [0.1, 0.15) is 21.6 Å². The Balaban J connectivity index is 1.99. The van der Waals surface area contributed by atoms with Crippen molar-refractivity contribution in [2.45, 2.75) is 18.7 Å². The third-order valence-corrected chi connectivity index (χ3v) is 5.61. The smallest absolute Gasteiger partial charge is 0.257 e. The van der Waals surface area contributed by atoms with Crippen molar-refractivity contribution in [3.8, 4) is 5.69 Å². The number of nitrogens with zero attached hydrogens (tertiary/aromatic N) is 2. The normalized spacial score (nSPS) is 11.4. The molecule has 1 heterocycles. The Hall–Kier alpha value is -2.45. The first-order valence-electron chi connectivity index (χ1n) is 8.10. The quantitative estimate of drug-likeness (QED) is 0.657. The topological polar surface area (TPSA) is 81.1 Å². The molecule has 140 valence electrons. The van der Waals surface area contributed by atoms with Crippen molar-refractivity contribution in [2.24, 2.45) is 0 Å². The predicted molar refractivity (Wildman–Crippen MR) is 108 cm³/mol. The molecule has 0 radical (unpaired) electrons. The fourth-order valence-corrected chi connectivity index (χ4v) is 3.69. The lowest BCUT2D eigenvalue weighted by atomic mass is 10.1. The molecular formula is C19H18BrN3O3S. The molecule has 1 amide bonds. The molecule has 0 unspecified atom stereocenters. The van der Waals surface area contributed by atoms with E-state index in [1.54, 1.807) is 23.7 Å². The summed E-state index contributed by atoms with van der Waals surface area (Å²) in [7, 11) is -3.40. The molecule has 0 fully saturated rings. The number of sulfone groups is 1. The number of hydrogen-bond acceptors (Lipinski definition) is 4. The number of anilines is 1. The largest absolute Gasteiger partial charge is 0.306 e. The fraction of sp³-hybridized carbons (Fsp3) is 0.158. The molecule has 3 aromatic rings. The number of benzene rings is 2. The molecule has 0 aliphatic rings. The summed E-state index contributed by atoms with van der Waals surface area (Å²) >= 11 is 3.43. The lowest BCUT2D eigenvalue weighted by molar-refractivity contribution is 0.102. The number of aromatic nitrogens is 2. The van der Waals surface area contributed by atoms with Crippen molar-refractivity contribution in [3.63, 3.8) is 0 Å². The van der Waals surface area contributed by atoms with Crippen LogP contribution in [0.4, 0.5) is 5.82 Å². The third kappa shape index (κ3) is 4.28. The van der Waals surface area contributed by atoms with Gasteiger partial charge in [-0.05, 0) is 49.7 Å². The predicted octanol–water partition coefficient (Wildman–Crippen LogP) is 3.91.